The van der Waals surface area contributed by atoms with E-state index in [2.05, 4.69) is 6.92 Å². The van der Waals surface area contributed by atoms with E-state index >= 15 is 0 Å². The first-order valence-corrected chi connectivity index (χ1v) is 11.1. The summed E-state index contributed by atoms with van der Waals surface area (Å²) < 4.78 is 42.7. The van der Waals surface area contributed by atoms with E-state index in [0.29, 0.717) is 0 Å². The molecule has 0 saturated carbocycles. The molecule has 0 heterocycles. The molecule has 0 radical (unpaired) electrons. The predicted molar refractivity (Wildman–Crippen MR) is 104 cm³/mol. The van der Waals surface area contributed by atoms with E-state index < -0.39 is 33.9 Å². The Labute approximate surface area is 195 Å². The Morgan fingerprint density at radius 2 is 1.41 bits per heavy atom. The van der Waals surface area contributed by atoms with E-state index in [4.69, 9.17) is 9.47 Å². The standard InChI is InChI=1S/C20H30O7S.Na/c1-3-4-5-6-7-8-11-14-26-19(21)17-12-9-10-13-18(17)20(22)27-15-16(2)28(23,24)25;/h9-10,12-13,16H,3-8,11,14-15H2,1-2H3,(H,23,24,25);/q;+1/p-1. The van der Waals surface area contributed by atoms with Crippen molar-refractivity contribution in [3.63, 3.8) is 0 Å². The fourth-order valence-corrected chi connectivity index (χ4v) is 2.73. The molecule has 1 unspecified atom stereocenters. The molecule has 7 nitrogen and oxygen atoms in total. The molecule has 0 aliphatic carbocycles. The maximum absolute atomic E-state index is 12.3. The molecule has 1 atom stereocenters. The van der Waals surface area contributed by atoms with Gasteiger partial charge in [0, 0.05) is 0 Å². The molecule has 0 aromatic heterocycles. The largest absolute Gasteiger partial charge is 1.00 e. The van der Waals surface area contributed by atoms with Gasteiger partial charge in [0.1, 0.15) is 16.7 Å². The third kappa shape index (κ3) is 11.1. The first-order valence-electron chi connectivity index (χ1n) is 9.65. The second kappa shape index (κ2) is 15.0. The van der Waals surface area contributed by atoms with Gasteiger partial charge in [-0.2, -0.15) is 0 Å². The van der Waals surface area contributed by atoms with Crippen LogP contribution in [0.4, 0.5) is 0 Å². The van der Waals surface area contributed by atoms with Gasteiger partial charge in [0.15, 0.2) is 0 Å². The Morgan fingerprint density at radius 3 is 1.93 bits per heavy atom. The number of unbranched alkanes of at least 4 members (excludes halogenated alkanes) is 6. The van der Waals surface area contributed by atoms with Gasteiger partial charge in [-0.3, -0.25) is 0 Å². The van der Waals surface area contributed by atoms with Gasteiger partial charge in [-0.15, -0.1) is 0 Å². The monoisotopic (exact) mass is 436 g/mol. The molecule has 0 aliphatic rings. The molecule has 0 N–H and O–H groups in total. The van der Waals surface area contributed by atoms with Crippen molar-refractivity contribution in [2.75, 3.05) is 13.2 Å². The number of carbonyl (C=O) groups excluding carboxylic acids is 2. The van der Waals surface area contributed by atoms with Crippen LogP contribution in [-0.2, 0) is 19.6 Å². The summed E-state index contributed by atoms with van der Waals surface area (Å²) in [6, 6.07) is 5.98. The summed E-state index contributed by atoms with van der Waals surface area (Å²) in [6.07, 6.45) is 7.66. The minimum atomic E-state index is -4.55. The van der Waals surface area contributed by atoms with Crippen molar-refractivity contribution >= 4 is 22.1 Å². The molecule has 0 saturated heterocycles. The smallest absolute Gasteiger partial charge is 0.748 e. The van der Waals surface area contributed by atoms with Crippen LogP contribution in [0.2, 0.25) is 0 Å². The number of benzene rings is 1. The number of rotatable bonds is 13. The molecule has 0 spiro atoms. The van der Waals surface area contributed by atoms with Crippen LogP contribution in [0.3, 0.4) is 0 Å². The van der Waals surface area contributed by atoms with Gasteiger partial charge in [0.25, 0.3) is 0 Å². The van der Waals surface area contributed by atoms with E-state index in [-0.39, 0.29) is 47.3 Å². The second-order valence-electron chi connectivity index (χ2n) is 6.70. The van der Waals surface area contributed by atoms with Crippen molar-refractivity contribution in [3.05, 3.63) is 35.4 Å². The molecule has 1 aromatic carbocycles. The SMILES string of the molecule is CCCCCCCCCOC(=O)c1ccccc1C(=O)OCC(C)S(=O)(=O)[O-].[Na+]. The Balaban J connectivity index is 0.00000784. The third-order valence-corrected chi connectivity index (χ3v) is 5.41. The van der Waals surface area contributed by atoms with Gasteiger partial charge in [-0.05, 0) is 25.5 Å². The van der Waals surface area contributed by atoms with Gasteiger partial charge in [-0.25, -0.2) is 18.0 Å². The predicted octanol–water partition coefficient (Wildman–Crippen LogP) is 0.689. The zero-order valence-electron chi connectivity index (χ0n) is 17.5. The van der Waals surface area contributed by atoms with Crippen LogP contribution in [0.15, 0.2) is 24.3 Å². The van der Waals surface area contributed by atoms with Gasteiger partial charge >= 0.3 is 41.5 Å². The minimum Gasteiger partial charge on any atom is -0.748 e. The van der Waals surface area contributed by atoms with Crippen LogP contribution < -0.4 is 29.6 Å². The number of hydrogen-bond donors (Lipinski definition) is 0. The molecule has 0 amide bonds. The second-order valence-corrected chi connectivity index (χ2v) is 8.50. The average Bonchev–Trinajstić information content (AvgIpc) is 2.66. The topological polar surface area (TPSA) is 110 Å². The fraction of sp³-hybridized carbons (Fsp3) is 0.600. The summed E-state index contributed by atoms with van der Waals surface area (Å²) in [4.78, 5) is 24.4. The minimum absolute atomic E-state index is 0. The maximum atomic E-state index is 12.3. The van der Waals surface area contributed by atoms with Crippen molar-refractivity contribution in [2.45, 2.75) is 64.0 Å². The number of carbonyl (C=O) groups is 2. The van der Waals surface area contributed by atoms with E-state index in [9.17, 15) is 22.6 Å². The van der Waals surface area contributed by atoms with Crippen LogP contribution in [-0.4, -0.2) is 43.4 Å². The van der Waals surface area contributed by atoms with E-state index in [1.807, 2.05) is 0 Å². The maximum Gasteiger partial charge on any atom is 1.00 e. The number of ether oxygens (including phenoxy) is 2. The summed E-state index contributed by atoms with van der Waals surface area (Å²) in [5, 5.41) is -1.37. The Hall–Kier alpha value is -0.930. The molecule has 1 aromatic rings. The first-order chi connectivity index (χ1) is 13.3. The Kier molecular flexibility index (Phi) is 14.5. The molecule has 0 bridgehead atoms. The zero-order chi connectivity index (χ0) is 21.0. The van der Waals surface area contributed by atoms with Crippen molar-refractivity contribution in [2.24, 2.45) is 0 Å². The van der Waals surface area contributed by atoms with E-state index in [0.717, 1.165) is 26.2 Å². The first kappa shape index (κ1) is 28.1. The summed E-state index contributed by atoms with van der Waals surface area (Å²) in [5.74, 6) is -1.51. The Bertz CT molecular complexity index is 734. The average molecular weight is 437 g/mol. The summed E-state index contributed by atoms with van der Waals surface area (Å²) in [5.41, 5.74) is 0.0237. The molecule has 0 aliphatic heterocycles. The normalized spacial score (nSPS) is 12.0. The van der Waals surface area contributed by atoms with Crippen LogP contribution in [0, 0.1) is 0 Å². The number of hydrogen-bond acceptors (Lipinski definition) is 7. The van der Waals surface area contributed by atoms with Gasteiger partial charge < -0.3 is 14.0 Å². The molecule has 158 valence electrons. The van der Waals surface area contributed by atoms with Crippen molar-refractivity contribution in [1.29, 1.82) is 0 Å². The third-order valence-electron chi connectivity index (χ3n) is 4.29. The number of esters is 2. The van der Waals surface area contributed by atoms with Gasteiger partial charge in [0.2, 0.25) is 0 Å². The zero-order valence-corrected chi connectivity index (χ0v) is 20.3. The summed E-state index contributed by atoms with van der Waals surface area (Å²) in [6.45, 7) is 3.00. The van der Waals surface area contributed by atoms with Crippen LogP contribution in [0.1, 0.15) is 79.5 Å². The molecule has 1 rings (SSSR count). The molecule has 9 heteroatoms. The van der Waals surface area contributed by atoms with Gasteiger partial charge in [-0.1, -0.05) is 57.6 Å². The van der Waals surface area contributed by atoms with E-state index in [1.54, 1.807) is 12.1 Å². The van der Waals surface area contributed by atoms with Crippen molar-refractivity contribution in [3.8, 4) is 0 Å². The molecule has 29 heavy (non-hydrogen) atoms. The van der Waals surface area contributed by atoms with Crippen LogP contribution in [0.25, 0.3) is 0 Å². The Morgan fingerprint density at radius 1 is 0.931 bits per heavy atom. The molecular formula is C20H29NaO7S. The van der Waals surface area contributed by atoms with Crippen LogP contribution in [0.5, 0.6) is 0 Å². The summed E-state index contributed by atoms with van der Waals surface area (Å²) >= 11 is 0. The van der Waals surface area contributed by atoms with E-state index in [1.165, 1.54) is 37.8 Å². The summed E-state index contributed by atoms with van der Waals surface area (Å²) in [7, 11) is -4.55. The van der Waals surface area contributed by atoms with Crippen molar-refractivity contribution in [1.82, 2.24) is 0 Å². The fourth-order valence-electron chi connectivity index (χ4n) is 2.50. The van der Waals surface area contributed by atoms with Crippen LogP contribution >= 0.6 is 0 Å². The van der Waals surface area contributed by atoms with Crippen molar-refractivity contribution < 1.29 is 61.6 Å². The molecule has 0 fully saturated rings. The van der Waals surface area contributed by atoms with Gasteiger partial charge in [0.05, 0.1) is 23.0 Å². The molecular weight excluding hydrogens is 407 g/mol. The quantitative estimate of drug-likeness (QED) is 0.194.